The van der Waals surface area contributed by atoms with E-state index in [0.29, 0.717) is 19.0 Å². The molecule has 2 fully saturated rings. The van der Waals surface area contributed by atoms with Crippen LogP contribution in [0.5, 0.6) is 0 Å². The van der Waals surface area contributed by atoms with E-state index >= 15 is 0 Å². The van der Waals surface area contributed by atoms with Crippen LogP contribution >= 0.6 is 0 Å². The molecule has 1 aliphatic carbocycles. The van der Waals surface area contributed by atoms with Gasteiger partial charge in [0.15, 0.2) is 0 Å². The minimum absolute atomic E-state index is 0.138. The predicted molar refractivity (Wildman–Crippen MR) is 69.2 cm³/mol. The van der Waals surface area contributed by atoms with Crippen molar-refractivity contribution in [2.75, 3.05) is 19.6 Å². The van der Waals surface area contributed by atoms with Crippen molar-refractivity contribution in [3.63, 3.8) is 0 Å². The fourth-order valence-electron chi connectivity index (χ4n) is 2.23. The highest BCUT2D eigenvalue weighted by atomic mass is 16.2. The Kier molecular flexibility index (Phi) is 4.84. The normalized spacial score (nSPS) is 20.1. The summed E-state index contributed by atoms with van der Waals surface area (Å²) in [5.74, 6) is 0.170. The molecule has 1 heterocycles. The van der Waals surface area contributed by atoms with Crippen LogP contribution < -0.4 is 10.6 Å². The van der Waals surface area contributed by atoms with Crippen LogP contribution in [-0.2, 0) is 4.79 Å². The number of nitrogens with zero attached hydrogens (tertiary/aromatic N) is 1. The minimum atomic E-state index is -0.138. The SMILES string of the molecule is O=C(NCCC(=O)N1CCCCCC1)NC1CC1. The molecule has 1 aliphatic heterocycles. The van der Waals surface area contributed by atoms with Crippen LogP contribution in [0, 0.1) is 0 Å². The van der Waals surface area contributed by atoms with Crippen molar-refractivity contribution in [2.45, 2.75) is 51.0 Å². The van der Waals surface area contributed by atoms with E-state index in [4.69, 9.17) is 0 Å². The summed E-state index contributed by atoms with van der Waals surface area (Å²) in [5.41, 5.74) is 0. The number of nitrogens with one attached hydrogen (secondary N) is 2. The van der Waals surface area contributed by atoms with Crippen LogP contribution in [0.25, 0.3) is 0 Å². The predicted octanol–water partition coefficient (Wildman–Crippen LogP) is 1.24. The van der Waals surface area contributed by atoms with E-state index in [9.17, 15) is 9.59 Å². The van der Waals surface area contributed by atoms with Gasteiger partial charge in [-0.15, -0.1) is 0 Å². The lowest BCUT2D eigenvalue weighted by atomic mass is 10.2. The highest BCUT2D eigenvalue weighted by molar-refractivity contribution is 5.78. The van der Waals surface area contributed by atoms with Crippen LogP contribution in [0.3, 0.4) is 0 Å². The second-order valence-electron chi connectivity index (χ2n) is 5.22. The van der Waals surface area contributed by atoms with E-state index in [1.165, 1.54) is 12.8 Å². The maximum Gasteiger partial charge on any atom is 0.315 e. The van der Waals surface area contributed by atoms with E-state index in [-0.39, 0.29) is 11.9 Å². The van der Waals surface area contributed by atoms with Crippen molar-refractivity contribution < 1.29 is 9.59 Å². The molecular formula is C13H23N3O2. The van der Waals surface area contributed by atoms with E-state index in [1.807, 2.05) is 4.90 Å². The second-order valence-corrected chi connectivity index (χ2v) is 5.22. The number of urea groups is 1. The third kappa shape index (κ3) is 4.55. The number of carbonyl (C=O) groups is 2. The van der Waals surface area contributed by atoms with E-state index in [2.05, 4.69) is 10.6 Å². The topological polar surface area (TPSA) is 61.4 Å². The van der Waals surface area contributed by atoms with Gasteiger partial charge in [0.25, 0.3) is 0 Å². The van der Waals surface area contributed by atoms with Crippen molar-refractivity contribution in [1.82, 2.24) is 15.5 Å². The van der Waals surface area contributed by atoms with Crippen molar-refractivity contribution in [3.05, 3.63) is 0 Å². The summed E-state index contributed by atoms with van der Waals surface area (Å²) in [6.07, 6.45) is 7.26. The minimum Gasteiger partial charge on any atom is -0.343 e. The fraction of sp³-hybridized carbons (Fsp3) is 0.846. The average Bonchev–Trinajstić information content (AvgIpc) is 3.14. The first-order chi connectivity index (χ1) is 8.75. The summed E-state index contributed by atoms with van der Waals surface area (Å²) in [7, 11) is 0. The monoisotopic (exact) mass is 253 g/mol. The molecule has 102 valence electrons. The molecule has 18 heavy (non-hydrogen) atoms. The summed E-state index contributed by atoms with van der Waals surface area (Å²) in [6, 6.07) is 0.229. The van der Waals surface area contributed by atoms with Crippen LogP contribution in [-0.4, -0.2) is 42.5 Å². The molecular weight excluding hydrogens is 230 g/mol. The van der Waals surface area contributed by atoms with Gasteiger partial charge in [-0.2, -0.15) is 0 Å². The number of carbonyl (C=O) groups excluding carboxylic acids is 2. The van der Waals surface area contributed by atoms with Gasteiger partial charge in [-0.05, 0) is 25.7 Å². The molecule has 0 aromatic heterocycles. The van der Waals surface area contributed by atoms with Gasteiger partial charge in [0.05, 0.1) is 0 Å². The summed E-state index contributed by atoms with van der Waals surface area (Å²) >= 11 is 0. The largest absolute Gasteiger partial charge is 0.343 e. The van der Waals surface area contributed by atoms with Crippen molar-refractivity contribution in [3.8, 4) is 0 Å². The van der Waals surface area contributed by atoms with Gasteiger partial charge < -0.3 is 15.5 Å². The molecule has 0 aromatic carbocycles. The maximum atomic E-state index is 11.9. The number of amides is 3. The van der Waals surface area contributed by atoms with Crippen LogP contribution in [0.1, 0.15) is 44.9 Å². The molecule has 0 aromatic rings. The van der Waals surface area contributed by atoms with Crippen molar-refractivity contribution in [2.24, 2.45) is 0 Å². The number of hydrogen-bond donors (Lipinski definition) is 2. The third-order valence-corrected chi connectivity index (χ3v) is 3.50. The Morgan fingerprint density at radius 3 is 2.33 bits per heavy atom. The molecule has 0 bridgehead atoms. The third-order valence-electron chi connectivity index (χ3n) is 3.50. The van der Waals surface area contributed by atoms with Crippen molar-refractivity contribution >= 4 is 11.9 Å². The number of hydrogen-bond acceptors (Lipinski definition) is 2. The second kappa shape index (κ2) is 6.61. The smallest absolute Gasteiger partial charge is 0.315 e. The van der Waals surface area contributed by atoms with E-state index < -0.39 is 0 Å². The zero-order chi connectivity index (χ0) is 12.8. The molecule has 2 aliphatic rings. The van der Waals surface area contributed by atoms with Gasteiger partial charge in [-0.3, -0.25) is 4.79 Å². The molecule has 3 amide bonds. The van der Waals surface area contributed by atoms with Gasteiger partial charge in [-0.1, -0.05) is 12.8 Å². The molecule has 1 saturated heterocycles. The summed E-state index contributed by atoms with van der Waals surface area (Å²) < 4.78 is 0. The highest BCUT2D eigenvalue weighted by Gasteiger charge is 2.23. The lowest BCUT2D eigenvalue weighted by Crippen LogP contribution is -2.39. The standard InChI is InChI=1S/C13H23N3O2/c17-12(16-9-3-1-2-4-10-16)7-8-14-13(18)15-11-5-6-11/h11H,1-10H2,(H2,14,15,18). The van der Waals surface area contributed by atoms with Gasteiger partial charge in [-0.25, -0.2) is 4.79 Å². The quantitative estimate of drug-likeness (QED) is 0.792. The Hall–Kier alpha value is -1.26. The lowest BCUT2D eigenvalue weighted by molar-refractivity contribution is -0.131. The molecule has 5 heteroatoms. The molecule has 0 radical (unpaired) electrons. The summed E-state index contributed by atoms with van der Waals surface area (Å²) in [6.45, 7) is 2.20. The molecule has 0 unspecified atom stereocenters. The fourth-order valence-corrected chi connectivity index (χ4v) is 2.23. The Morgan fingerprint density at radius 2 is 1.72 bits per heavy atom. The number of likely N-dealkylation sites (tertiary alicyclic amines) is 1. The molecule has 2 N–H and O–H groups in total. The first-order valence-corrected chi connectivity index (χ1v) is 7.08. The summed E-state index contributed by atoms with van der Waals surface area (Å²) in [5, 5.41) is 5.58. The van der Waals surface area contributed by atoms with E-state index in [1.54, 1.807) is 0 Å². The van der Waals surface area contributed by atoms with Gasteiger partial charge in [0, 0.05) is 32.1 Å². The summed E-state index contributed by atoms with van der Waals surface area (Å²) in [4.78, 5) is 25.2. The van der Waals surface area contributed by atoms with Gasteiger partial charge in [0.1, 0.15) is 0 Å². The number of rotatable bonds is 4. The van der Waals surface area contributed by atoms with Crippen molar-refractivity contribution in [1.29, 1.82) is 0 Å². The Bertz CT molecular complexity index is 295. The average molecular weight is 253 g/mol. The first-order valence-electron chi connectivity index (χ1n) is 7.08. The van der Waals surface area contributed by atoms with Gasteiger partial charge >= 0.3 is 6.03 Å². The molecule has 1 saturated carbocycles. The highest BCUT2D eigenvalue weighted by Crippen LogP contribution is 2.18. The maximum absolute atomic E-state index is 11.9. The molecule has 5 nitrogen and oxygen atoms in total. The lowest BCUT2D eigenvalue weighted by Gasteiger charge is -2.20. The zero-order valence-electron chi connectivity index (χ0n) is 10.9. The van der Waals surface area contributed by atoms with Gasteiger partial charge in [0.2, 0.25) is 5.91 Å². The van der Waals surface area contributed by atoms with Crippen LogP contribution in [0.15, 0.2) is 0 Å². The molecule has 2 rings (SSSR count). The Balaban J connectivity index is 1.59. The first kappa shape index (κ1) is 13.2. The van der Waals surface area contributed by atoms with E-state index in [0.717, 1.165) is 38.8 Å². The molecule has 0 spiro atoms. The van der Waals surface area contributed by atoms with Crippen LogP contribution in [0.2, 0.25) is 0 Å². The zero-order valence-corrected chi connectivity index (χ0v) is 10.9. The van der Waals surface area contributed by atoms with Crippen LogP contribution in [0.4, 0.5) is 4.79 Å². The Labute approximate surface area is 108 Å². The Morgan fingerprint density at radius 1 is 1.06 bits per heavy atom. The molecule has 0 atom stereocenters.